The van der Waals surface area contributed by atoms with E-state index in [1.807, 2.05) is 0 Å². The fraction of sp³-hybridized carbons (Fsp3) is 0.625. The van der Waals surface area contributed by atoms with Gasteiger partial charge in [-0.15, -0.1) is 0 Å². The Balaban J connectivity index is 1.86. The molecular formula is C8H12N2O2. The number of nitrogens with zero attached hydrogens (tertiary/aromatic N) is 1. The van der Waals surface area contributed by atoms with Gasteiger partial charge in [0.2, 0.25) is 0 Å². The third-order valence-electron chi connectivity index (χ3n) is 1.89. The largest absolute Gasteiger partial charge is 0.485 e. The molecule has 4 nitrogen and oxygen atoms in total. The summed E-state index contributed by atoms with van der Waals surface area (Å²) in [6, 6.07) is 0. The molecule has 0 aromatic carbocycles. The molecule has 0 amide bonds. The minimum Gasteiger partial charge on any atom is -0.485 e. The number of hydrogen-bond donors (Lipinski definition) is 1. The molecule has 1 aromatic heterocycles. The van der Waals surface area contributed by atoms with Gasteiger partial charge in [-0.1, -0.05) is 0 Å². The second-order valence-corrected chi connectivity index (χ2v) is 2.89. The molecular weight excluding hydrogens is 156 g/mol. The van der Waals surface area contributed by atoms with E-state index in [9.17, 15) is 0 Å². The highest BCUT2D eigenvalue weighted by molar-refractivity contribution is 5.10. The lowest BCUT2D eigenvalue weighted by atomic mass is 10.2. The summed E-state index contributed by atoms with van der Waals surface area (Å²) in [7, 11) is 0. The van der Waals surface area contributed by atoms with Crippen LogP contribution in [0.2, 0.25) is 0 Å². The molecule has 4 heteroatoms. The van der Waals surface area contributed by atoms with Crippen LogP contribution in [0.1, 0.15) is 12.8 Å². The van der Waals surface area contributed by atoms with Crippen molar-refractivity contribution in [3.05, 3.63) is 12.4 Å². The lowest BCUT2D eigenvalue weighted by Crippen LogP contribution is -2.27. The van der Waals surface area contributed by atoms with Gasteiger partial charge in [-0.05, 0) is 12.8 Å². The first-order chi connectivity index (χ1) is 5.95. The van der Waals surface area contributed by atoms with Crippen molar-refractivity contribution in [2.24, 2.45) is 0 Å². The van der Waals surface area contributed by atoms with Gasteiger partial charge in [0.05, 0.1) is 19.0 Å². The number of aromatic nitrogens is 2. The summed E-state index contributed by atoms with van der Waals surface area (Å²) < 4.78 is 10.9. The first-order valence-electron chi connectivity index (χ1n) is 4.18. The molecule has 12 heavy (non-hydrogen) atoms. The van der Waals surface area contributed by atoms with E-state index in [0.29, 0.717) is 6.61 Å². The second kappa shape index (κ2) is 3.58. The van der Waals surface area contributed by atoms with Crippen LogP contribution < -0.4 is 4.74 Å². The molecule has 0 radical (unpaired) electrons. The van der Waals surface area contributed by atoms with Crippen molar-refractivity contribution in [1.82, 2.24) is 10.2 Å². The smallest absolute Gasteiger partial charge is 0.157 e. The fourth-order valence-electron chi connectivity index (χ4n) is 1.30. The Morgan fingerprint density at radius 3 is 3.33 bits per heavy atom. The van der Waals surface area contributed by atoms with E-state index < -0.39 is 0 Å². The molecule has 1 N–H and O–H groups in total. The number of aromatic amines is 1. The van der Waals surface area contributed by atoms with Crippen molar-refractivity contribution < 1.29 is 9.47 Å². The van der Waals surface area contributed by atoms with E-state index >= 15 is 0 Å². The Hall–Kier alpha value is -1.03. The van der Waals surface area contributed by atoms with E-state index in [2.05, 4.69) is 10.2 Å². The maximum Gasteiger partial charge on any atom is 0.157 e. The highest BCUT2D eigenvalue weighted by Gasteiger charge is 2.15. The van der Waals surface area contributed by atoms with Crippen molar-refractivity contribution in [3.8, 4) is 5.75 Å². The molecule has 1 aliphatic rings. The Bertz CT molecular complexity index is 217. The van der Waals surface area contributed by atoms with Crippen LogP contribution >= 0.6 is 0 Å². The first-order valence-corrected chi connectivity index (χ1v) is 4.18. The van der Waals surface area contributed by atoms with Gasteiger partial charge < -0.3 is 9.47 Å². The maximum atomic E-state index is 5.58. The molecule has 1 aromatic rings. The average molecular weight is 168 g/mol. The maximum absolute atomic E-state index is 5.58. The van der Waals surface area contributed by atoms with E-state index in [4.69, 9.17) is 9.47 Å². The summed E-state index contributed by atoms with van der Waals surface area (Å²) in [5.41, 5.74) is 0. The zero-order chi connectivity index (χ0) is 8.23. The number of ether oxygens (including phenoxy) is 2. The summed E-state index contributed by atoms with van der Waals surface area (Å²) in [6.45, 7) is 1.57. The summed E-state index contributed by atoms with van der Waals surface area (Å²) in [4.78, 5) is 0. The lowest BCUT2D eigenvalue weighted by Gasteiger charge is -2.22. The van der Waals surface area contributed by atoms with Gasteiger partial charge in [0, 0.05) is 6.61 Å². The molecule has 1 aliphatic heterocycles. The molecule has 2 rings (SSSR count). The van der Waals surface area contributed by atoms with Crippen LogP contribution in [0.15, 0.2) is 12.4 Å². The number of H-pyrrole nitrogens is 1. The van der Waals surface area contributed by atoms with Gasteiger partial charge in [0.25, 0.3) is 0 Å². The predicted octanol–water partition coefficient (Wildman–Crippen LogP) is 0.968. The van der Waals surface area contributed by atoms with Gasteiger partial charge in [0.15, 0.2) is 5.75 Å². The van der Waals surface area contributed by atoms with E-state index in [1.165, 1.54) is 0 Å². The fourth-order valence-corrected chi connectivity index (χ4v) is 1.30. The van der Waals surface area contributed by atoms with Crippen molar-refractivity contribution in [2.45, 2.75) is 18.9 Å². The summed E-state index contributed by atoms with van der Waals surface area (Å²) in [5.74, 6) is 0.797. The summed E-state index contributed by atoms with van der Waals surface area (Å²) in [5, 5.41) is 6.50. The molecule has 0 spiro atoms. The molecule has 0 bridgehead atoms. The van der Waals surface area contributed by atoms with Crippen molar-refractivity contribution in [2.75, 3.05) is 13.2 Å². The number of hydrogen-bond acceptors (Lipinski definition) is 3. The summed E-state index contributed by atoms with van der Waals surface area (Å²) in [6.07, 6.45) is 5.79. The van der Waals surface area contributed by atoms with Crippen molar-refractivity contribution in [3.63, 3.8) is 0 Å². The molecule has 0 aliphatic carbocycles. The summed E-state index contributed by atoms with van der Waals surface area (Å²) >= 11 is 0. The molecule has 2 heterocycles. The van der Waals surface area contributed by atoms with Crippen LogP contribution in [0.3, 0.4) is 0 Å². The lowest BCUT2D eigenvalue weighted by molar-refractivity contribution is 0.00744. The number of rotatable bonds is 2. The van der Waals surface area contributed by atoms with Crippen LogP contribution in [-0.2, 0) is 4.74 Å². The van der Waals surface area contributed by atoms with Gasteiger partial charge in [-0.3, -0.25) is 5.10 Å². The molecule has 66 valence electrons. The second-order valence-electron chi connectivity index (χ2n) is 2.89. The van der Waals surface area contributed by atoms with Crippen molar-refractivity contribution in [1.29, 1.82) is 0 Å². The van der Waals surface area contributed by atoms with E-state index in [1.54, 1.807) is 12.4 Å². The average Bonchev–Trinajstić information content (AvgIpc) is 2.59. The Morgan fingerprint density at radius 1 is 1.67 bits per heavy atom. The monoisotopic (exact) mass is 168 g/mol. The molecule has 0 saturated carbocycles. The highest BCUT2D eigenvalue weighted by atomic mass is 16.5. The zero-order valence-electron chi connectivity index (χ0n) is 6.82. The van der Waals surface area contributed by atoms with E-state index in [-0.39, 0.29) is 6.10 Å². The Morgan fingerprint density at radius 2 is 2.67 bits per heavy atom. The van der Waals surface area contributed by atoms with Gasteiger partial charge in [0.1, 0.15) is 6.10 Å². The van der Waals surface area contributed by atoms with Crippen LogP contribution in [0.5, 0.6) is 5.75 Å². The third-order valence-corrected chi connectivity index (χ3v) is 1.89. The molecule has 1 atom stereocenters. The third kappa shape index (κ3) is 1.76. The molecule has 1 unspecified atom stereocenters. The van der Waals surface area contributed by atoms with Crippen LogP contribution in [0, 0.1) is 0 Å². The van der Waals surface area contributed by atoms with E-state index in [0.717, 1.165) is 25.2 Å². The molecule has 1 saturated heterocycles. The minimum absolute atomic E-state index is 0.205. The zero-order valence-corrected chi connectivity index (χ0v) is 6.82. The predicted molar refractivity (Wildman–Crippen MR) is 43.1 cm³/mol. The van der Waals surface area contributed by atoms with Crippen molar-refractivity contribution >= 4 is 0 Å². The molecule has 1 fully saturated rings. The van der Waals surface area contributed by atoms with Crippen LogP contribution in [0.25, 0.3) is 0 Å². The standard InChI is InChI=1S/C8H12N2O2/c1-2-7(6-11-3-1)12-8-4-9-10-5-8/h4-5,7H,1-3,6H2,(H,9,10). The van der Waals surface area contributed by atoms with Gasteiger partial charge in [-0.2, -0.15) is 5.10 Å². The van der Waals surface area contributed by atoms with Gasteiger partial charge in [-0.25, -0.2) is 0 Å². The van der Waals surface area contributed by atoms with Gasteiger partial charge >= 0.3 is 0 Å². The number of nitrogens with one attached hydrogen (secondary N) is 1. The minimum atomic E-state index is 0.205. The van der Waals surface area contributed by atoms with Crippen LogP contribution in [0.4, 0.5) is 0 Å². The topological polar surface area (TPSA) is 47.1 Å². The Kier molecular flexibility index (Phi) is 2.27. The van der Waals surface area contributed by atoms with Crippen LogP contribution in [-0.4, -0.2) is 29.5 Å². The quantitative estimate of drug-likeness (QED) is 0.715. The Labute approximate surface area is 70.9 Å². The highest BCUT2D eigenvalue weighted by Crippen LogP contribution is 2.14. The SMILES string of the molecule is c1n[nH]cc1OC1CCCOC1. The normalized spacial score (nSPS) is 23.8. The first kappa shape index (κ1) is 7.61.